The van der Waals surface area contributed by atoms with Gasteiger partial charge in [0.2, 0.25) is 0 Å². The number of nitrogens with one attached hydrogen (secondary N) is 1. The quantitative estimate of drug-likeness (QED) is 0.629. The number of anilines is 1. The third kappa shape index (κ3) is 5.07. The van der Waals surface area contributed by atoms with Crippen LogP contribution in [0.3, 0.4) is 0 Å². The maximum absolute atomic E-state index is 11.9. The molecule has 0 fully saturated rings. The molecule has 0 unspecified atom stereocenters. The Morgan fingerprint density at radius 3 is 2.70 bits per heavy atom. The van der Waals surface area contributed by atoms with E-state index >= 15 is 0 Å². The van der Waals surface area contributed by atoms with Crippen molar-refractivity contribution in [2.75, 3.05) is 12.3 Å². The highest BCUT2D eigenvalue weighted by atomic mass is 32.1. The summed E-state index contributed by atoms with van der Waals surface area (Å²) in [5.74, 6) is 0.983. The van der Waals surface area contributed by atoms with E-state index in [2.05, 4.69) is 29.4 Å². The molecule has 0 atom stereocenters. The first-order valence-electron chi connectivity index (χ1n) is 7.25. The van der Waals surface area contributed by atoms with Gasteiger partial charge in [-0.2, -0.15) is 5.10 Å². The summed E-state index contributed by atoms with van der Waals surface area (Å²) in [5.41, 5.74) is 9.51. The Balaban J connectivity index is 1.90. The zero-order valence-corrected chi connectivity index (χ0v) is 14.2. The molecule has 23 heavy (non-hydrogen) atoms. The number of aromatic nitrogens is 1. The lowest BCUT2D eigenvalue weighted by atomic mass is 10.2. The van der Waals surface area contributed by atoms with Gasteiger partial charge in [0.1, 0.15) is 10.6 Å². The Labute approximate surface area is 139 Å². The molecule has 6 nitrogen and oxygen atoms in total. The van der Waals surface area contributed by atoms with Gasteiger partial charge >= 0.3 is 0 Å². The molecule has 1 aromatic heterocycles. The number of ether oxygens (including phenoxy) is 1. The lowest BCUT2D eigenvalue weighted by molar-refractivity contribution is 0.0958. The lowest BCUT2D eigenvalue weighted by Crippen LogP contribution is -2.17. The molecule has 0 spiro atoms. The number of hydrogen-bond acceptors (Lipinski definition) is 6. The van der Waals surface area contributed by atoms with E-state index in [0.29, 0.717) is 28.2 Å². The second-order valence-corrected chi connectivity index (χ2v) is 6.47. The van der Waals surface area contributed by atoms with Crippen molar-refractivity contribution in [3.8, 4) is 5.75 Å². The van der Waals surface area contributed by atoms with Crippen molar-refractivity contribution in [3.05, 3.63) is 40.4 Å². The Morgan fingerprint density at radius 1 is 1.43 bits per heavy atom. The van der Waals surface area contributed by atoms with Crippen molar-refractivity contribution in [2.45, 2.75) is 20.8 Å². The molecule has 1 amide bonds. The average molecular weight is 332 g/mol. The summed E-state index contributed by atoms with van der Waals surface area (Å²) in [4.78, 5) is 16.4. The Kier molecular flexibility index (Phi) is 5.70. The van der Waals surface area contributed by atoms with Crippen LogP contribution in [0, 0.1) is 12.8 Å². The molecule has 2 aromatic rings. The predicted molar refractivity (Wildman–Crippen MR) is 93.1 cm³/mol. The second-order valence-electron chi connectivity index (χ2n) is 5.44. The first kappa shape index (κ1) is 17.0. The van der Waals surface area contributed by atoms with Crippen molar-refractivity contribution in [1.82, 2.24) is 10.4 Å². The highest BCUT2D eigenvalue weighted by Gasteiger charge is 2.13. The van der Waals surface area contributed by atoms with E-state index in [1.165, 1.54) is 0 Å². The van der Waals surface area contributed by atoms with Gasteiger partial charge in [-0.3, -0.25) is 4.79 Å². The summed E-state index contributed by atoms with van der Waals surface area (Å²) in [5, 5.41) is 4.31. The molecule has 1 aromatic carbocycles. The number of hydrogen-bond donors (Lipinski definition) is 2. The van der Waals surface area contributed by atoms with E-state index < -0.39 is 0 Å². The van der Waals surface area contributed by atoms with E-state index in [-0.39, 0.29) is 5.91 Å². The predicted octanol–water partition coefficient (Wildman–Crippen LogP) is 2.83. The third-order valence-electron chi connectivity index (χ3n) is 2.86. The minimum atomic E-state index is -0.315. The molecule has 0 bridgehead atoms. The van der Waals surface area contributed by atoms with Crippen LogP contribution in [0.4, 0.5) is 5.13 Å². The van der Waals surface area contributed by atoms with Gasteiger partial charge in [-0.1, -0.05) is 25.2 Å². The first-order chi connectivity index (χ1) is 11.0. The van der Waals surface area contributed by atoms with Crippen LogP contribution in [0.1, 0.15) is 34.8 Å². The zero-order valence-electron chi connectivity index (χ0n) is 13.4. The molecule has 0 aliphatic heterocycles. The molecule has 0 saturated heterocycles. The molecular weight excluding hydrogens is 312 g/mol. The van der Waals surface area contributed by atoms with Crippen LogP contribution < -0.4 is 15.9 Å². The smallest absolute Gasteiger partial charge is 0.283 e. The van der Waals surface area contributed by atoms with Gasteiger partial charge in [0.15, 0.2) is 5.13 Å². The van der Waals surface area contributed by atoms with Gasteiger partial charge in [-0.25, -0.2) is 10.4 Å². The monoisotopic (exact) mass is 332 g/mol. The molecule has 0 aliphatic carbocycles. The van der Waals surface area contributed by atoms with Crippen LogP contribution in [0.15, 0.2) is 29.4 Å². The Morgan fingerprint density at radius 2 is 2.13 bits per heavy atom. The molecule has 0 saturated carbocycles. The maximum Gasteiger partial charge on any atom is 0.283 e. The summed E-state index contributed by atoms with van der Waals surface area (Å²) in [6.07, 6.45) is 1.57. The molecule has 0 radical (unpaired) electrons. The fraction of sp³-hybridized carbons (Fsp3) is 0.312. The zero-order chi connectivity index (χ0) is 16.8. The van der Waals surface area contributed by atoms with Crippen LogP contribution in [-0.2, 0) is 0 Å². The van der Waals surface area contributed by atoms with Crippen molar-refractivity contribution >= 4 is 28.6 Å². The molecule has 122 valence electrons. The van der Waals surface area contributed by atoms with Crippen LogP contribution >= 0.6 is 11.3 Å². The van der Waals surface area contributed by atoms with Crippen LogP contribution in [0.2, 0.25) is 0 Å². The standard InChI is InChI=1S/C16H20N4O2S/c1-10(2)9-22-13-6-4-12(5-7-13)8-18-20-15(21)14-11(3)19-16(17)23-14/h4-8,10H,9H2,1-3H3,(H2,17,19)(H,20,21)/b18-8-. The number of thiazole rings is 1. The second kappa shape index (κ2) is 7.73. The molecule has 0 aliphatic rings. The Bertz CT molecular complexity index is 693. The number of benzene rings is 1. The number of hydrazone groups is 1. The number of nitrogens with zero attached hydrogens (tertiary/aromatic N) is 2. The lowest BCUT2D eigenvalue weighted by Gasteiger charge is -2.08. The molecule has 2 rings (SSSR count). The normalized spacial score (nSPS) is 11.1. The topological polar surface area (TPSA) is 89.6 Å². The van der Waals surface area contributed by atoms with Gasteiger partial charge < -0.3 is 10.5 Å². The van der Waals surface area contributed by atoms with Gasteiger partial charge in [-0.05, 0) is 42.7 Å². The summed E-state index contributed by atoms with van der Waals surface area (Å²) < 4.78 is 5.61. The number of nitrogen functional groups attached to an aromatic ring is 1. The third-order valence-corrected chi connectivity index (χ3v) is 3.85. The average Bonchev–Trinajstić information content (AvgIpc) is 2.85. The van der Waals surface area contributed by atoms with Gasteiger partial charge in [0.25, 0.3) is 5.91 Å². The van der Waals surface area contributed by atoms with Gasteiger partial charge in [0.05, 0.1) is 18.5 Å². The van der Waals surface area contributed by atoms with Crippen LogP contribution in [0.25, 0.3) is 0 Å². The van der Waals surface area contributed by atoms with Crippen LogP contribution in [-0.4, -0.2) is 23.7 Å². The molecule has 7 heteroatoms. The number of rotatable bonds is 6. The maximum atomic E-state index is 11.9. The summed E-state index contributed by atoms with van der Waals surface area (Å²) in [6, 6.07) is 7.50. The van der Waals surface area contributed by atoms with Crippen LogP contribution in [0.5, 0.6) is 5.75 Å². The van der Waals surface area contributed by atoms with E-state index in [9.17, 15) is 4.79 Å². The van der Waals surface area contributed by atoms with E-state index in [4.69, 9.17) is 10.5 Å². The van der Waals surface area contributed by atoms with E-state index in [0.717, 1.165) is 22.6 Å². The molecule has 1 heterocycles. The van der Waals surface area contributed by atoms with Crippen molar-refractivity contribution in [2.24, 2.45) is 11.0 Å². The number of nitrogens with two attached hydrogens (primary N) is 1. The highest BCUT2D eigenvalue weighted by Crippen LogP contribution is 2.19. The molecule has 3 N–H and O–H groups in total. The number of aryl methyl sites for hydroxylation is 1. The number of carbonyl (C=O) groups excluding carboxylic acids is 1. The van der Waals surface area contributed by atoms with Crippen molar-refractivity contribution in [1.29, 1.82) is 0 Å². The van der Waals surface area contributed by atoms with E-state index in [1.807, 2.05) is 24.3 Å². The summed E-state index contributed by atoms with van der Waals surface area (Å²) >= 11 is 1.14. The summed E-state index contributed by atoms with van der Waals surface area (Å²) in [7, 11) is 0. The molecular formula is C16H20N4O2S. The Hall–Kier alpha value is -2.41. The fourth-order valence-corrected chi connectivity index (χ4v) is 2.48. The summed E-state index contributed by atoms with van der Waals surface area (Å²) in [6.45, 7) is 6.62. The minimum absolute atomic E-state index is 0.315. The van der Waals surface area contributed by atoms with Gasteiger partial charge in [0, 0.05) is 0 Å². The largest absolute Gasteiger partial charge is 0.493 e. The first-order valence-corrected chi connectivity index (χ1v) is 8.06. The number of carbonyl (C=O) groups is 1. The van der Waals surface area contributed by atoms with Gasteiger partial charge in [-0.15, -0.1) is 0 Å². The fourth-order valence-electron chi connectivity index (χ4n) is 1.76. The highest BCUT2D eigenvalue weighted by molar-refractivity contribution is 7.17. The van der Waals surface area contributed by atoms with E-state index in [1.54, 1.807) is 13.1 Å². The van der Waals surface area contributed by atoms with Crippen molar-refractivity contribution < 1.29 is 9.53 Å². The van der Waals surface area contributed by atoms with Crippen molar-refractivity contribution in [3.63, 3.8) is 0 Å². The number of amides is 1. The minimum Gasteiger partial charge on any atom is -0.493 e. The SMILES string of the molecule is Cc1nc(N)sc1C(=O)N/N=C\c1ccc(OCC(C)C)cc1.